The Hall–Kier alpha value is -0.700. The maximum absolute atomic E-state index is 4.03. The molecular formula is C12H18N2S. The Morgan fingerprint density at radius 2 is 2.20 bits per heavy atom. The van der Waals surface area contributed by atoms with Gasteiger partial charge in [-0.05, 0) is 30.7 Å². The molecule has 2 nitrogen and oxygen atoms in total. The lowest BCUT2D eigenvalue weighted by Crippen LogP contribution is -2.26. The fourth-order valence-corrected chi connectivity index (χ4v) is 3.36. The number of nitrogens with one attached hydrogen (secondary N) is 1. The fraction of sp³-hybridized carbons (Fsp3) is 0.583. The Balaban J connectivity index is 1.93. The smallest absolute Gasteiger partial charge is 0.0380 e. The molecule has 1 heterocycles. The minimum absolute atomic E-state index is 0.650. The summed E-state index contributed by atoms with van der Waals surface area (Å²) < 4.78 is 0. The van der Waals surface area contributed by atoms with Gasteiger partial charge in [0.2, 0.25) is 0 Å². The van der Waals surface area contributed by atoms with Crippen molar-refractivity contribution in [2.75, 3.05) is 11.1 Å². The minimum Gasteiger partial charge on any atom is -0.381 e. The molecule has 2 atom stereocenters. The third-order valence-electron chi connectivity index (χ3n) is 2.87. The van der Waals surface area contributed by atoms with E-state index in [4.69, 9.17) is 0 Å². The summed E-state index contributed by atoms with van der Waals surface area (Å²) in [6.07, 6.45) is 7.72. The van der Waals surface area contributed by atoms with Crippen molar-refractivity contribution in [3.05, 3.63) is 24.5 Å². The van der Waals surface area contributed by atoms with Crippen LogP contribution in [0.25, 0.3) is 0 Å². The normalized spacial score (nSPS) is 25.4. The summed E-state index contributed by atoms with van der Waals surface area (Å²) >= 11 is 2.09. The Labute approximate surface area is 95.9 Å². The highest BCUT2D eigenvalue weighted by atomic mass is 32.2. The first-order valence-electron chi connectivity index (χ1n) is 5.68. The molecular weight excluding hydrogens is 204 g/mol. The van der Waals surface area contributed by atoms with Crippen LogP contribution in [0.1, 0.15) is 26.2 Å². The van der Waals surface area contributed by atoms with Crippen LogP contribution in [0.3, 0.4) is 0 Å². The molecule has 1 aromatic heterocycles. The van der Waals surface area contributed by atoms with Gasteiger partial charge in [0.25, 0.3) is 0 Å². The molecule has 0 spiro atoms. The summed E-state index contributed by atoms with van der Waals surface area (Å²) in [6, 6.07) is 4.75. The number of anilines is 1. The minimum atomic E-state index is 0.650. The quantitative estimate of drug-likeness (QED) is 0.847. The van der Waals surface area contributed by atoms with Gasteiger partial charge in [-0.2, -0.15) is 11.8 Å². The van der Waals surface area contributed by atoms with Gasteiger partial charge in [-0.1, -0.05) is 13.3 Å². The Bertz CT molecular complexity index is 289. The van der Waals surface area contributed by atoms with Crippen molar-refractivity contribution in [1.82, 2.24) is 4.98 Å². The number of nitrogens with zero attached hydrogens (tertiary/aromatic N) is 1. The topological polar surface area (TPSA) is 24.9 Å². The molecule has 0 bridgehead atoms. The third-order valence-corrected chi connectivity index (χ3v) is 4.19. The molecule has 0 amide bonds. The lowest BCUT2D eigenvalue weighted by molar-refractivity contribution is 0.767. The Kier molecular flexibility index (Phi) is 3.89. The number of hydrogen-bond acceptors (Lipinski definition) is 3. The van der Waals surface area contributed by atoms with E-state index in [9.17, 15) is 0 Å². The van der Waals surface area contributed by atoms with Crippen molar-refractivity contribution in [3.63, 3.8) is 0 Å². The van der Waals surface area contributed by atoms with Gasteiger partial charge in [0.05, 0.1) is 0 Å². The molecule has 0 radical (unpaired) electrons. The molecule has 1 fully saturated rings. The predicted molar refractivity (Wildman–Crippen MR) is 67.4 cm³/mol. The molecule has 1 aromatic rings. The van der Waals surface area contributed by atoms with Gasteiger partial charge in [-0.25, -0.2) is 0 Å². The van der Waals surface area contributed by atoms with Gasteiger partial charge >= 0.3 is 0 Å². The van der Waals surface area contributed by atoms with Crippen LogP contribution >= 0.6 is 11.8 Å². The van der Waals surface area contributed by atoms with Gasteiger partial charge in [0, 0.05) is 29.4 Å². The highest BCUT2D eigenvalue weighted by molar-refractivity contribution is 7.99. The summed E-state index contributed by atoms with van der Waals surface area (Å²) in [4.78, 5) is 4.03. The molecule has 1 aliphatic carbocycles. The van der Waals surface area contributed by atoms with Crippen molar-refractivity contribution >= 4 is 17.4 Å². The average molecular weight is 222 g/mol. The molecule has 0 saturated heterocycles. The van der Waals surface area contributed by atoms with Crippen LogP contribution < -0.4 is 5.32 Å². The Morgan fingerprint density at radius 3 is 2.93 bits per heavy atom. The maximum atomic E-state index is 4.03. The first-order chi connectivity index (χ1) is 7.40. The van der Waals surface area contributed by atoms with Crippen molar-refractivity contribution < 1.29 is 0 Å². The summed E-state index contributed by atoms with van der Waals surface area (Å²) in [5.41, 5.74) is 1.21. The van der Waals surface area contributed by atoms with Crippen molar-refractivity contribution in [1.29, 1.82) is 0 Å². The van der Waals surface area contributed by atoms with E-state index in [1.54, 1.807) is 0 Å². The van der Waals surface area contributed by atoms with E-state index in [-0.39, 0.29) is 0 Å². The SMILES string of the molecule is CCSC1CCCC1Nc1ccncc1. The van der Waals surface area contributed by atoms with E-state index in [1.165, 1.54) is 30.7 Å². The largest absolute Gasteiger partial charge is 0.381 e. The van der Waals surface area contributed by atoms with Crippen LogP contribution in [0.4, 0.5) is 5.69 Å². The second-order valence-electron chi connectivity index (χ2n) is 3.91. The second kappa shape index (κ2) is 5.40. The van der Waals surface area contributed by atoms with E-state index in [0.29, 0.717) is 6.04 Å². The molecule has 15 heavy (non-hydrogen) atoms. The number of pyridine rings is 1. The van der Waals surface area contributed by atoms with Crippen LogP contribution in [0, 0.1) is 0 Å². The zero-order valence-electron chi connectivity index (χ0n) is 9.15. The maximum Gasteiger partial charge on any atom is 0.0380 e. The lowest BCUT2D eigenvalue weighted by atomic mass is 10.2. The Morgan fingerprint density at radius 1 is 1.40 bits per heavy atom. The van der Waals surface area contributed by atoms with Gasteiger partial charge in [0.15, 0.2) is 0 Å². The summed E-state index contributed by atoms with van der Waals surface area (Å²) in [6.45, 7) is 2.24. The number of rotatable bonds is 4. The van der Waals surface area contributed by atoms with Gasteiger partial charge in [-0.3, -0.25) is 4.98 Å². The van der Waals surface area contributed by atoms with Crippen LogP contribution in [-0.4, -0.2) is 22.0 Å². The van der Waals surface area contributed by atoms with Crippen molar-refractivity contribution in [2.24, 2.45) is 0 Å². The van der Waals surface area contributed by atoms with Crippen LogP contribution in [0.5, 0.6) is 0 Å². The molecule has 2 rings (SSSR count). The highest BCUT2D eigenvalue weighted by Gasteiger charge is 2.26. The molecule has 82 valence electrons. The van der Waals surface area contributed by atoms with E-state index >= 15 is 0 Å². The predicted octanol–water partition coefficient (Wildman–Crippen LogP) is 3.17. The molecule has 0 aromatic carbocycles. The molecule has 3 heteroatoms. The fourth-order valence-electron chi connectivity index (χ4n) is 2.17. The van der Waals surface area contributed by atoms with Crippen molar-refractivity contribution in [3.8, 4) is 0 Å². The number of thioether (sulfide) groups is 1. The zero-order chi connectivity index (χ0) is 10.5. The summed E-state index contributed by atoms with van der Waals surface area (Å²) in [5, 5.41) is 4.41. The van der Waals surface area contributed by atoms with E-state index in [1.807, 2.05) is 24.5 Å². The van der Waals surface area contributed by atoms with Gasteiger partial charge < -0.3 is 5.32 Å². The summed E-state index contributed by atoms with van der Waals surface area (Å²) in [7, 11) is 0. The first-order valence-corrected chi connectivity index (χ1v) is 6.73. The molecule has 0 aliphatic heterocycles. The molecule has 1 N–H and O–H groups in total. The second-order valence-corrected chi connectivity index (χ2v) is 5.43. The van der Waals surface area contributed by atoms with Gasteiger partial charge in [0.1, 0.15) is 0 Å². The van der Waals surface area contributed by atoms with E-state index < -0.39 is 0 Å². The number of aromatic nitrogens is 1. The monoisotopic (exact) mass is 222 g/mol. The molecule has 1 aliphatic rings. The zero-order valence-corrected chi connectivity index (χ0v) is 9.96. The van der Waals surface area contributed by atoms with Crippen LogP contribution in [0.2, 0.25) is 0 Å². The van der Waals surface area contributed by atoms with Gasteiger partial charge in [-0.15, -0.1) is 0 Å². The number of hydrogen-bond donors (Lipinski definition) is 1. The van der Waals surface area contributed by atoms with Crippen LogP contribution in [-0.2, 0) is 0 Å². The molecule has 1 saturated carbocycles. The third kappa shape index (κ3) is 2.88. The first kappa shape index (κ1) is 10.8. The van der Waals surface area contributed by atoms with E-state index in [2.05, 4.69) is 29.0 Å². The highest BCUT2D eigenvalue weighted by Crippen LogP contribution is 2.31. The van der Waals surface area contributed by atoms with E-state index in [0.717, 1.165) is 5.25 Å². The van der Waals surface area contributed by atoms with Crippen LogP contribution in [0.15, 0.2) is 24.5 Å². The molecule has 2 unspecified atom stereocenters. The standard InChI is InChI=1S/C12H18N2S/c1-2-15-12-5-3-4-11(12)14-10-6-8-13-9-7-10/h6-9,11-12H,2-5H2,1H3,(H,13,14). The average Bonchev–Trinajstić information content (AvgIpc) is 2.68. The van der Waals surface area contributed by atoms with Crippen molar-refractivity contribution in [2.45, 2.75) is 37.5 Å². The summed E-state index contributed by atoms with van der Waals surface area (Å²) in [5.74, 6) is 1.22. The lowest BCUT2D eigenvalue weighted by Gasteiger charge is -2.21.